The van der Waals surface area contributed by atoms with Crippen molar-refractivity contribution >= 4 is 40.1 Å². The van der Waals surface area contributed by atoms with E-state index in [0.717, 1.165) is 54.0 Å². The second-order valence-corrected chi connectivity index (χ2v) is 17.3. The van der Waals surface area contributed by atoms with Crippen LogP contribution in [-0.4, -0.2) is 49.2 Å². The standard InChI is InChI=1S/C42H53N5O3S/c1-24(2)18-29-15-11-17-34(33-23-43-39-32(44-33)20-35(50-39)41(6,7)8)47(40(48)28-14-10-16-30(51)19-28)42(29)22-36(42)49-37-21-31(45-46-37)38-26(4)13-9-12-25(3)27(38)5/h9-10,13-14,19-20,23,25,27,29,31,34,36,45H,1,11-12,15-18,21-22H2,2-8H3/t25?,27?,29?,31?,34-,36?,42+/m0/s1. The van der Waals surface area contributed by atoms with Gasteiger partial charge in [0.2, 0.25) is 11.6 Å². The number of carbonyl (C=O) groups is 1. The zero-order valence-electron chi connectivity index (χ0n) is 31.3. The fourth-order valence-electron chi connectivity index (χ4n) is 8.87. The van der Waals surface area contributed by atoms with Crippen molar-refractivity contribution in [1.82, 2.24) is 20.3 Å². The molecule has 1 amide bonds. The molecule has 2 fully saturated rings. The number of hydrogen-bond acceptors (Lipinski definition) is 8. The maximum absolute atomic E-state index is 15.0. The number of amides is 1. The maximum atomic E-state index is 15.0. The molecule has 0 aromatic carbocycles. The van der Waals surface area contributed by atoms with E-state index >= 15 is 4.79 Å². The Balaban J connectivity index is 1.26. The highest BCUT2D eigenvalue weighted by atomic mass is 32.1. The average Bonchev–Trinajstić information content (AvgIpc) is 3.41. The minimum absolute atomic E-state index is 0.0410. The van der Waals surface area contributed by atoms with Crippen LogP contribution in [0.1, 0.15) is 117 Å². The molecular formula is C42H53N5O3S. The van der Waals surface area contributed by atoms with Gasteiger partial charge in [0, 0.05) is 34.8 Å². The third kappa shape index (κ3) is 6.78. The summed E-state index contributed by atoms with van der Waals surface area (Å²) in [5.74, 6) is 2.66. The quantitative estimate of drug-likeness (QED) is 0.237. The molecule has 2 aliphatic heterocycles. The Labute approximate surface area is 308 Å². The largest absolute Gasteiger partial charge is 0.474 e. The molecule has 2 aromatic heterocycles. The number of aromatic nitrogens is 2. The Kier molecular flexibility index (Phi) is 9.48. The van der Waals surface area contributed by atoms with Crippen LogP contribution in [0.5, 0.6) is 0 Å². The van der Waals surface area contributed by atoms with Gasteiger partial charge in [-0.1, -0.05) is 83.1 Å². The van der Waals surface area contributed by atoms with E-state index < -0.39 is 5.54 Å². The first-order valence-electron chi connectivity index (χ1n) is 18.8. The van der Waals surface area contributed by atoms with Crippen molar-refractivity contribution in [3.05, 3.63) is 83.0 Å². The third-order valence-electron chi connectivity index (χ3n) is 11.8. The van der Waals surface area contributed by atoms with Gasteiger partial charge in [0.1, 0.15) is 17.4 Å². The molecule has 1 spiro atoms. The summed E-state index contributed by atoms with van der Waals surface area (Å²) < 4.78 is 13.0. The molecule has 7 atom stereocenters. The van der Waals surface area contributed by atoms with Crippen LogP contribution in [0.4, 0.5) is 0 Å². The zero-order chi connectivity index (χ0) is 36.2. The van der Waals surface area contributed by atoms with E-state index in [4.69, 9.17) is 36.4 Å². The summed E-state index contributed by atoms with van der Waals surface area (Å²) in [6.07, 6.45) is 18.5. The highest BCUT2D eigenvalue weighted by Crippen LogP contribution is 2.59. The molecule has 0 radical (unpaired) electrons. The van der Waals surface area contributed by atoms with Crippen molar-refractivity contribution in [1.29, 1.82) is 0 Å². The van der Waals surface area contributed by atoms with Gasteiger partial charge in [0.15, 0.2) is 0 Å². The van der Waals surface area contributed by atoms with E-state index in [2.05, 4.69) is 77.5 Å². The second-order valence-electron chi connectivity index (χ2n) is 16.7. The molecule has 3 aliphatic carbocycles. The summed E-state index contributed by atoms with van der Waals surface area (Å²) in [5.41, 5.74) is 9.11. The molecule has 0 bridgehead atoms. The molecule has 4 heterocycles. The molecule has 270 valence electrons. The lowest BCUT2D eigenvalue weighted by Crippen LogP contribution is -2.51. The number of nitrogens with one attached hydrogen (secondary N) is 1. The second kappa shape index (κ2) is 13.6. The van der Waals surface area contributed by atoms with Crippen molar-refractivity contribution in [3.63, 3.8) is 0 Å². The van der Waals surface area contributed by atoms with Gasteiger partial charge in [-0.25, -0.2) is 9.97 Å². The first kappa shape index (κ1) is 35.5. The van der Waals surface area contributed by atoms with Gasteiger partial charge < -0.3 is 14.1 Å². The topological polar surface area (TPSA) is 92.9 Å². The lowest BCUT2D eigenvalue weighted by atomic mass is 9.82. The average molecular weight is 708 g/mol. The van der Waals surface area contributed by atoms with Crippen molar-refractivity contribution in [3.8, 4) is 0 Å². The smallest absolute Gasteiger partial charge is 0.255 e. The first-order valence-corrected chi connectivity index (χ1v) is 19.2. The molecule has 1 saturated heterocycles. The van der Waals surface area contributed by atoms with E-state index in [9.17, 15) is 0 Å². The van der Waals surface area contributed by atoms with Crippen LogP contribution in [0.2, 0.25) is 0 Å². The lowest BCUT2D eigenvalue weighted by molar-refractivity contribution is -0.135. The predicted molar refractivity (Wildman–Crippen MR) is 207 cm³/mol. The molecule has 7 rings (SSSR count). The van der Waals surface area contributed by atoms with Crippen LogP contribution >= 0.6 is 12.2 Å². The van der Waals surface area contributed by atoms with E-state index in [1.165, 1.54) is 11.1 Å². The van der Waals surface area contributed by atoms with Crippen molar-refractivity contribution in [2.45, 2.75) is 129 Å². The zero-order valence-corrected chi connectivity index (χ0v) is 32.1. The molecule has 5 unspecified atom stereocenters. The Hall–Kier alpha value is -3.85. The van der Waals surface area contributed by atoms with Crippen LogP contribution < -0.4 is 5.43 Å². The third-order valence-corrected chi connectivity index (χ3v) is 12.1. The van der Waals surface area contributed by atoms with Crippen molar-refractivity contribution in [2.75, 3.05) is 0 Å². The fraction of sp³-hybridized carbons (Fsp3) is 0.548. The molecule has 5 aliphatic rings. The number of fused-ring (bicyclic) bond motifs is 1. The molecule has 1 saturated carbocycles. The highest BCUT2D eigenvalue weighted by molar-refractivity contribution is 7.80. The minimum atomic E-state index is -0.572. The van der Waals surface area contributed by atoms with Gasteiger partial charge in [-0.2, -0.15) is 0 Å². The van der Waals surface area contributed by atoms with E-state index in [1.54, 1.807) is 6.20 Å². The van der Waals surface area contributed by atoms with Crippen LogP contribution in [0.15, 0.2) is 81.0 Å². The Morgan fingerprint density at radius 3 is 2.76 bits per heavy atom. The molecule has 1 N–H and O–H groups in total. The van der Waals surface area contributed by atoms with Gasteiger partial charge >= 0.3 is 0 Å². The number of allylic oxidation sites excluding steroid dienone is 6. The highest BCUT2D eigenvalue weighted by Gasteiger charge is 2.68. The van der Waals surface area contributed by atoms with Crippen molar-refractivity contribution in [2.24, 2.45) is 22.9 Å². The molecule has 8 nitrogen and oxygen atoms in total. The van der Waals surface area contributed by atoms with Gasteiger partial charge in [0.25, 0.3) is 5.91 Å². The molecule has 2 aromatic rings. The summed E-state index contributed by atoms with van der Waals surface area (Å²) in [7, 11) is 0. The van der Waals surface area contributed by atoms with Crippen LogP contribution in [0.3, 0.4) is 0 Å². The summed E-state index contributed by atoms with van der Waals surface area (Å²) in [5, 5.41) is 4.78. The van der Waals surface area contributed by atoms with Crippen LogP contribution in [0.25, 0.3) is 11.2 Å². The number of hydrazone groups is 1. The number of ether oxygens (including phenoxy) is 1. The maximum Gasteiger partial charge on any atom is 0.255 e. The van der Waals surface area contributed by atoms with Gasteiger partial charge in [-0.05, 0) is 74.5 Å². The SMILES string of the molecule is C=C(C)CC1CCC[C@@H](c2cnc3oc(C(C)(C)C)cc3n2)N(C(=O)C2=CC(=S)CC=C2)[C@]12CC2OC1=NNC(C2=C(C)C=CCC(C)C2C)C1. The molecule has 51 heavy (non-hydrogen) atoms. The number of nitrogens with zero attached hydrogens (tertiary/aromatic N) is 4. The van der Waals surface area contributed by atoms with E-state index in [1.807, 2.05) is 24.3 Å². The normalized spacial score (nSPS) is 31.0. The Morgan fingerprint density at radius 2 is 2.02 bits per heavy atom. The van der Waals surface area contributed by atoms with Crippen molar-refractivity contribution < 1.29 is 13.9 Å². The van der Waals surface area contributed by atoms with Crippen LogP contribution in [-0.2, 0) is 14.9 Å². The summed E-state index contributed by atoms with van der Waals surface area (Å²) in [4.78, 5) is 27.8. The summed E-state index contributed by atoms with van der Waals surface area (Å²) in [6, 6.07) is 1.78. The Bertz CT molecular complexity index is 1910. The monoisotopic (exact) mass is 707 g/mol. The molecule has 9 heteroatoms. The fourth-order valence-corrected chi connectivity index (χ4v) is 9.10. The van der Waals surface area contributed by atoms with E-state index in [-0.39, 0.29) is 35.4 Å². The predicted octanol–water partition coefficient (Wildman–Crippen LogP) is 9.16. The van der Waals surface area contributed by atoms with E-state index in [0.29, 0.717) is 53.8 Å². The number of carbonyl (C=O) groups excluding carboxylic acids is 1. The summed E-state index contributed by atoms with van der Waals surface area (Å²) >= 11 is 5.61. The Morgan fingerprint density at radius 1 is 1.22 bits per heavy atom. The van der Waals surface area contributed by atoms with Gasteiger partial charge in [-0.3, -0.25) is 10.2 Å². The number of likely N-dealkylation sites (tertiary alicyclic amines) is 1. The van der Waals surface area contributed by atoms with Gasteiger partial charge in [0.05, 0.1) is 35.9 Å². The summed E-state index contributed by atoms with van der Waals surface area (Å²) in [6.45, 7) is 19.6. The number of hydrogen-bond donors (Lipinski definition) is 1. The van der Waals surface area contributed by atoms with Gasteiger partial charge in [-0.15, -0.1) is 11.7 Å². The number of furan rings is 1. The van der Waals surface area contributed by atoms with Crippen LogP contribution in [0, 0.1) is 17.8 Å². The lowest BCUT2D eigenvalue weighted by Gasteiger charge is -2.41. The first-order chi connectivity index (χ1) is 24.3. The number of rotatable bonds is 6. The number of thiocarbonyl (C=S) groups is 1. The minimum Gasteiger partial charge on any atom is -0.474 e. The molecular weight excluding hydrogens is 655 g/mol.